The lowest BCUT2D eigenvalue weighted by Crippen LogP contribution is -2.18. The zero-order chi connectivity index (χ0) is 35.0. The standard InChI is InChI=1S/C44H76O4/c1-3-5-7-9-11-13-15-17-19-20-22-24-26-28-30-32-37-41-44(47)48-42(39-35-33-36-40-43(45)46)38-34-31-29-27-25-23-21-18-16-14-12-10-8-6-4-2/h5,7,11,13,17,19,22,24,28,30,42H,3-4,6,8-10,12,14-16,18,20-21,23,25-27,29,31-41H2,1-2H3,(H,45,46)/b7-5-,13-11-,19-17-,24-22-,30-28-. The third-order valence-electron chi connectivity index (χ3n) is 8.75. The normalized spacial score (nSPS) is 12.9. The van der Waals surface area contributed by atoms with E-state index in [-0.39, 0.29) is 18.5 Å². The molecule has 0 radical (unpaired) electrons. The van der Waals surface area contributed by atoms with Crippen molar-refractivity contribution in [2.75, 3.05) is 0 Å². The van der Waals surface area contributed by atoms with Crippen LogP contribution in [0.5, 0.6) is 0 Å². The molecule has 4 nitrogen and oxygen atoms in total. The van der Waals surface area contributed by atoms with E-state index in [9.17, 15) is 9.59 Å². The molecule has 0 aliphatic carbocycles. The largest absolute Gasteiger partial charge is 0.481 e. The number of allylic oxidation sites excluding steroid dienone is 10. The first kappa shape index (κ1) is 45.6. The monoisotopic (exact) mass is 669 g/mol. The summed E-state index contributed by atoms with van der Waals surface area (Å²) in [6, 6.07) is 0. The molecule has 1 unspecified atom stereocenters. The van der Waals surface area contributed by atoms with Crippen LogP contribution in [0.4, 0.5) is 0 Å². The van der Waals surface area contributed by atoms with Crippen LogP contribution in [0.3, 0.4) is 0 Å². The Bertz CT molecular complexity index is 850. The Balaban J connectivity index is 4.06. The number of ether oxygens (including phenoxy) is 1. The maximum absolute atomic E-state index is 12.6. The average Bonchev–Trinajstić information content (AvgIpc) is 3.07. The first-order chi connectivity index (χ1) is 23.6. The predicted octanol–water partition coefficient (Wildman–Crippen LogP) is 14.1. The van der Waals surface area contributed by atoms with Gasteiger partial charge in [0.15, 0.2) is 0 Å². The highest BCUT2D eigenvalue weighted by Crippen LogP contribution is 2.18. The number of carboxylic acid groups (broad SMARTS) is 1. The summed E-state index contributed by atoms with van der Waals surface area (Å²) in [7, 11) is 0. The Labute approximate surface area is 297 Å². The summed E-state index contributed by atoms with van der Waals surface area (Å²) in [5.41, 5.74) is 0. The second-order valence-corrected chi connectivity index (χ2v) is 13.4. The molecule has 1 N–H and O–H groups in total. The van der Waals surface area contributed by atoms with Crippen LogP contribution in [0.15, 0.2) is 60.8 Å². The van der Waals surface area contributed by atoms with Crippen molar-refractivity contribution in [2.24, 2.45) is 0 Å². The molecular weight excluding hydrogens is 592 g/mol. The van der Waals surface area contributed by atoms with Gasteiger partial charge in [0.05, 0.1) is 0 Å². The quantitative estimate of drug-likeness (QED) is 0.0410. The summed E-state index contributed by atoms with van der Waals surface area (Å²) in [4.78, 5) is 23.4. The van der Waals surface area contributed by atoms with Gasteiger partial charge in [0, 0.05) is 12.8 Å². The van der Waals surface area contributed by atoms with E-state index in [1.807, 2.05) is 0 Å². The Morgan fingerprint density at radius 3 is 1.31 bits per heavy atom. The minimum absolute atomic E-state index is 0.0296. The zero-order valence-corrected chi connectivity index (χ0v) is 31.5. The molecule has 0 fully saturated rings. The number of carbonyl (C=O) groups excluding carboxylic acids is 1. The maximum atomic E-state index is 12.6. The average molecular weight is 669 g/mol. The van der Waals surface area contributed by atoms with E-state index in [0.717, 1.165) is 77.0 Å². The second kappa shape index (κ2) is 39.1. The molecule has 0 spiro atoms. The van der Waals surface area contributed by atoms with Gasteiger partial charge in [-0.1, -0.05) is 171 Å². The van der Waals surface area contributed by atoms with E-state index in [0.29, 0.717) is 12.8 Å². The van der Waals surface area contributed by atoms with E-state index < -0.39 is 5.97 Å². The van der Waals surface area contributed by atoms with Crippen molar-refractivity contribution in [1.29, 1.82) is 0 Å². The minimum atomic E-state index is -0.733. The number of rotatable bonds is 36. The van der Waals surface area contributed by atoms with Crippen LogP contribution < -0.4 is 0 Å². The minimum Gasteiger partial charge on any atom is -0.481 e. The van der Waals surface area contributed by atoms with E-state index in [1.165, 1.54) is 89.9 Å². The fraction of sp³-hybridized carbons (Fsp3) is 0.727. The van der Waals surface area contributed by atoms with Gasteiger partial charge in [-0.3, -0.25) is 9.59 Å². The SMILES string of the molecule is CC/C=C\C/C=C\C/C=C\C/C=C\C/C=C\CCCC(=O)OC(CCCCCCCCCCCCCCCCC)CCCCCC(=O)O. The summed E-state index contributed by atoms with van der Waals surface area (Å²) < 4.78 is 5.92. The molecule has 48 heavy (non-hydrogen) atoms. The van der Waals surface area contributed by atoms with Gasteiger partial charge in [0.2, 0.25) is 0 Å². The number of hydrogen-bond acceptors (Lipinski definition) is 3. The topological polar surface area (TPSA) is 63.6 Å². The van der Waals surface area contributed by atoms with E-state index in [1.54, 1.807) is 0 Å². The molecule has 276 valence electrons. The molecule has 0 saturated carbocycles. The lowest BCUT2D eigenvalue weighted by molar-refractivity contribution is -0.150. The van der Waals surface area contributed by atoms with Gasteiger partial charge in [0.25, 0.3) is 0 Å². The first-order valence-corrected chi connectivity index (χ1v) is 20.3. The molecule has 0 aromatic rings. The molecule has 0 saturated heterocycles. The number of carboxylic acids is 1. The van der Waals surface area contributed by atoms with E-state index in [4.69, 9.17) is 9.84 Å². The van der Waals surface area contributed by atoms with Crippen LogP contribution in [0.1, 0.15) is 200 Å². The van der Waals surface area contributed by atoms with Crippen LogP contribution in [-0.2, 0) is 14.3 Å². The molecule has 4 heteroatoms. The van der Waals surface area contributed by atoms with Crippen molar-refractivity contribution < 1.29 is 19.4 Å². The molecule has 1 atom stereocenters. The smallest absolute Gasteiger partial charge is 0.306 e. The molecule has 0 bridgehead atoms. The number of unbranched alkanes of at least 4 members (excludes halogenated alkanes) is 17. The highest BCUT2D eigenvalue weighted by atomic mass is 16.5. The van der Waals surface area contributed by atoms with Crippen LogP contribution >= 0.6 is 0 Å². The molecule has 0 aromatic heterocycles. The zero-order valence-electron chi connectivity index (χ0n) is 31.5. The number of carbonyl (C=O) groups is 2. The highest BCUT2D eigenvalue weighted by Gasteiger charge is 2.14. The van der Waals surface area contributed by atoms with Crippen LogP contribution in [0.25, 0.3) is 0 Å². The summed E-state index contributed by atoms with van der Waals surface area (Å²) in [6.45, 7) is 4.43. The molecular formula is C44H76O4. The van der Waals surface area contributed by atoms with E-state index in [2.05, 4.69) is 74.6 Å². The van der Waals surface area contributed by atoms with Crippen molar-refractivity contribution in [1.82, 2.24) is 0 Å². The second-order valence-electron chi connectivity index (χ2n) is 13.4. The van der Waals surface area contributed by atoms with E-state index >= 15 is 0 Å². The van der Waals surface area contributed by atoms with Crippen molar-refractivity contribution in [3.63, 3.8) is 0 Å². The van der Waals surface area contributed by atoms with Gasteiger partial charge in [0.1, 0.15) is 6.10 Å². The fourth-order valence-electron chi connectivity index (χ4n) is 5.81. The van der Waals surface area contributed by atoms with Gasteiger partial charge in [-0.05, 0) is 77.0 Å². The third-order valence-corrected chi connectivity index (χ3v) is 8.75. The molecule has 0 rings (SSSR count). The maximum Gasteiger partial charge on any atom is 0.306 e. The number of aliphatic carboxylic acids is 1. The highest BCUT2D eigenvalue weighted by molar-refractivity contribution is 5.69. The Morgan fingerprint density at radius 1 is 0.479 bits per heavy atom. The van der Waals surface area contributed by atoms with Crippen molar-refractivity contribution in [3.05, 3.63) is 60.8 Å². The summed E-state index contributed by atoms with van der Waals surface area (Å²) >= 11 is 0. The molecule has 0 aliphatic rings. The molecule has 0 aromatic carbocycles. The Kier molecular flexibility index (Phi) is 37.2. The summed E-state index contributed by atoms with van der Waals surface area (Å²) in [5.74, 6) is -0.817. The van der Waals surface area contributed by atoms with Gasteiger partial charge in [-0.2, -0.15) is 0 Å². The van der Waals surface area contributed by atoms with Crippen molar-refractivity contribution in [2.45, 2.75) is 206 Å². The molecule has 0 heterocycles. The Hall–Kier alpha value is -2.36. The van der Waals surface area contributed by atoms with Gasteiger partial charge >= 0.3 is 11.9 Å². The summed E-state index contributed by atoms with van der Waals surface area (Å²) in [5, 5.41) is 8.90. The van der Waals surface area contributed by atoms with Gasteiger partial charge in [-0.15, -0.1) is 0 Å². The molecule has 0 amide bonds. The Morgan fingerprint density at radius 2 is 0.875 bits per heavy atom. The summed E-state index contributed by atoms with van der Waals surface area (Å²) in [6.07, 6.45) is 53.8. The predicted molar refractivity (Wildman–Crippen MR) is 208 cm³/mol. The van der Waals surface area contributed by atoms with Crippen molar-refractivity contribution >= 4 is 11.9 Å². The van der Waals surface area contributed by atoms with Crippen LogP contribution in [0.2, 0.25) is 0 Å². The number of hydrogen-bond donors (Lipinski definition) is 1. The van der Waals surface area contributed by atoms with Crippen LogP contribution in [0, 0.1) is 0 Å². The fourth-order valence-corrected chi connectivity index (χ4v) is 5.81. The van der Waals surface area contributed by atoms with Crippen molar-refractivity contribution in [3.8, 4) is 0 Å². The first-order valence-electron chi connectivity index (χ1n) is 20.3. The third kappa shape index (κ3) is 38.1. The van der Waals surface area contributed by atoms with Gasteiger partial charge in [-0.25, -0.2) is 0 Å². The lowest BCUT2D eigenvalue weighted by atomic mass is 10.0. The molecule has 0 aliphatic heterocycles. The lowest BCUT2D eigenvalue weighted by Gasteiger charge is -2.18. The van der Waals surface area contributed by atoms with Gasteiger partial charge < -0.3 is 9.84 Å². The number of esters is 1. The van der Waals surface area contributed by atoms with Crippen LogP contribution in [-0.4, -0.2) is 23.1 Å².